The van der Waals surface area contributed by atoms with Crippen molar-refractivity contribution in [3.05, 3.63) is 41.8 Å². The van der Waals surface area contributed by atoms with Crippen LogP contribution in [0.15, 0.2) is 39.9 Å². The van der Waals surface area contributed by atoms with Gasteiger partial charge in [0, 0.05) is 43.1 Å². The summed E-state index contributed by atoms with van der Waals surface area (Å²) < 4.78 is 5.56. The highest BCUT2D eigenvalue weighted by Crippen LogP contribution is 2.19. The molecule has 122 valence electrons. The van der Waals surface area contributed by atoms with Gasteiger partial charge in [-0.1, -0.05) is 17.7 Å². The standard InChI is InChI=1S/C17H22N4OS/c1-13-2-4-14(5-3-13)16-20-15(12-22-16)6-7-19-17(18)21-8-10-23-11-9-21/h2-5,12H,6-11H2,1H3,(H2,18,19). The van der Waals surface area contributed by atoms with Crippen LogP contribution in [0, 0.1) is 6.92 Å². The number of hydrogen-bond donors (Lipinski definition) is 1. The summed E-state index contributed by atoms with van der Waals surface area (Å²) in [6, 6.07) is 8.16. The molecular formula is C17H22N4OS. The van der Waals surface area contributed by atoms with E-state index in [1.165, 1.54) is 5.56 Å². The lowest BCUT2D eigenvalue weighted by Crippen LogP contribution is -2.42. The summed E-state index contributed by atoms with van der Waals surface area (Å²) in [5, 5.41) is 0. The van der Waals surface area contributed by atoms with Crippen LogP contribution in [-0.2, 0) is 6.42 Å². The van der Waals surface area contributed by atoms with Crippen LogP contribution in [-0.4, -0.2) is 47.0 Å². The Labute approximate surface area is 141 Å². The van der Waals surface area contributed by atoms with E-state index in [0.717, 1.165) is 42.3 Å². The average molecular weight is 330 g/mol. The van der Waals surface area contributed by atoms with Crippen molar-refractivity contribution in [3.8, 4) is 11.5 Å². The van der Waals surface area contributed by atoms with E-state index in [2.05, 4.69) is 33.9 Å². The number of guanidine groups is 1. The number of hydrogen-bond acceptors (Lipinski definition) is 4. The number of rotatable bonds is 4. The van der Waals surface area contributed by atoms with Gasteiger partial charge in [-0.05, 0) is 19.1 Å². The summed E-state index contributed by atoms with van der Waals surface area (Å²) in [6.07, 6.45) is 2.44. The van der Waals surface area contributed by atoms with E-state index in [9.17, 15) is 0 Å². The van der Waals surface area contributed by atoms with Gasteiger partial charge >= 0.3 is 0 Å². The molecule has 0 radical (unpaired) electrons. The van der Waals surface area contributed by atoms with Crippen molar-refractivity contribution < 1.29 is 4.42 Å². The van der Waals surface area contributed by atoms with Gasteiger partial charge in [0.2, 0.25) is 5.89 Å². The molecule has 0 saturated carbocycles. The second-order valence-electron chi connectivity index (χ2n) is 5.60. The maximum absolute atomic E-state index is 6.05. The van der Waals surface area contributed by atoms with Gasteiger partial charge in [-0.2, -0.15) is 11.8 Å². The SMILES string of the molecule is Cc1ccc(-c2nc(CCN=C(N)N3CCSCC3)co2)cc1. The lowest BCUT2D eigenvalue weighted by molar-refractivity contribution is 0.456. The smallest absolute Gasteiger partial charge is 0.226 e. The second-order valence-corrected chi connectivity index (χ2v) is 6.82. The van der Waals surface area contributed by atoms with Gasteiger partial charge < -0.3 is 15.1 Å². The molecule has 1 aliphatic rings. The molecule has 0 aliphatic carbocycles. The molecule has 5 nitrogen and oxygen atoms in total. The first kappa shape index (κ1) is 15.9. The number of aromatic nitrogens is 1. The Bertz CT molecular complexity index is 659. The lowest BCUT2D eigenvalue weighted by Gasteiger charge is -2.27. The molecule has 3 rings (SSSR count). The van der Waals surface area contributed by atoms with E-state index in [0.29, 0.717) is 18.4 Å². The summed E-state index contributed by atoms with van der Waals surface area (Å²) in [4.78, 5) is 11.1. The summed E-state index contributed by atoms with van der Waals surface area (Å²) >= 11 is 1.96. The normalized spacial score (nSPS) is 15.9. The molecule has 6 heteroatoms. The van der Waals surface area contributed by atoms with Crippen LogP contribution in [0.3, 0.4) is 0 Å². The Kier molecular flexibility index (Phi) is 5.23. The van der Waals surface area contributed by atoms with Crippen LogP contribution in [0.5, 0.6) is 0 Å². The number of nitrogens with two attached hydrogens (primary N) is 1. The van der Waals surface area contributed by atoms with E-state index in [-0.39, 0.29) is 0 Å². The van der Waals surface area contributed by atoms with Crippen LogP contribution in [0.1, 0.15) is 11.3 Å². The molecule has 0 spiro atoms. The zero-order chi connectivity index (χ0) is 16.1. The summed E-state index contributed by atoms with van der Waals surface area (Å²) in [5.41, 5.74) is 9.17. The van der Waals surface area contributed by atoms with Gasteiger partial charge in [0.25, 0.3) is 0 Å². The number of oxazole rings is 1. The van der Waals surface area contributed by atoms with Crippen molar-refractivity contribution in [1.29, 1.82) is 0 Å². The highest BCUT2D eigenvalue weighted by Gasteiger charge is 2.12. The number of nitrogens with zero attached hydrogens (tertiary/aromatic N) is 3. The minimum absolute atomic E-state index is 0.634. The Morgan fingerprint density at radius 2 is 2.04 bits per heavy atom. The molecule has 1 aliphatic heterocycles. The number of benzene rings is 1. The van der Waals surface area contributed by atoms with Crippen LogP contribution in [0.25, 0.3) is 11.5 Å². The first-order chi connectivity index (χ1) is 11.2. The predicted octanol–water partition coefficient (Wildman–Crippen LogP) is 2.56. The van der Waals surface area contributed by atoms with E-state index < -0.39 is 0 Å². The molecule has 2 heterocycles. The highest BCUT2D eigenvalue weighted by molar-refractivity contribution is 7.99. The minimum atomic E-state index is 0.634. The van der Waals surface area contributed by atoms with Crippen molar-refractivity contribution in [2.45, 2.75) is 13.3 Å². The van der Waals surface area contributed by atoms with E-state index >= 15 is 0 Å². The fraction of sp³-hybridized carbons (Fsp3) is 0.412. The zero-order valence-electron chi connectivity index (χ0n) is 13.4. The maximum atomic E-state index is 6.05. The second kappa shape index (κ2) is 7.55. The fourth-order valence-corrected chi connectivity index (χ4v) is 3.33. The Morgan fingerprint density at radius 1 is 1.30 bits per heavy atom. The molecule has 0 bridgehead atoms. The summed E-state index contributed by atoms with van der Waals surface area (Å²) in [7, 11) is 0. The van der Waals surface area contributed by atoms with Gasteiger partial charge in [0.05, 0.1) is 5.69 Å². The third-order valence-electron chi connectivity index (χ3n) is 3.83. The number of aryl methyl sites for hydroxylation is 1. The van der Waals surface area contributed by atoms with Crippen LogP contribution in [0.2, 0.25) is 0 Å². The van der Waals surface area contributed by atoms with E-state index in [1.807, 2.05) is 23.9 Å². The van der Waals surface area contributed by atoms with Gasteiger partial charge in [0.15, 0.2) is 5.96 Å². The molecule has 1 aromatic carbocycles. The first-order valence-electron chi connectivity index (χ1n) is 7.86. The third-order valence-corrected chi connectivity index (χ3v) is 4.77. The van der Waals surface area contributed by atoms with Crippen molar-refractivity contribution in [2.75, 3.05) is 31.1 Å². The molecule has 1 fully saturated rings. The molecule has 1 saturated heterocycles. The molecule has 0 amide bonds. The third kappa shape index (κ3) is 4.28. The highest BCUT2D eigenvalue weighted by atomic mass is 32.2. The molecule has 0 atom stereocenters. The molecule has 2 aromatic rings. The van der Waals surface area contributed by atoms with Crippen molar-refractivity contribution in [2.24, 2.45) is 10.7 Å². The van der Waals surface area contributed by atoms with E-state index in [1.54, 1.807) is 6.26 Å². The number of aliphatic imine (C=N–C) groups is 1. The van der Waals surface area contributed by atoms with Crippen molar-refractivity contribution in [3.63, 3.8) is 0 Å². The molecule has 1 aromatic heterocycles. The van der Waals surface area contributed by atoms with Crippen LogP contribution in [0.4, 0.5) is 0 Å². The quantitative estimate of drug-likeness (QED) is 0.689. The monoisotopic (exact) mass is 330 g/mol. The van der Waals surface area contributed by atoms with E-state index in [4.69, 9.17) is 10.2 Å². The topological polar surface area (TPSA) is 67.7 Å². The Hall–Kier alpha value is -1.95. The van der Waals surface area contributed by atoms with Gasteiger partial charge in [-0.15, -0.1) is 0 Å². The minimum Gasteiger partial charge on any atom is -0.444 e. The average Bonchev–Trinajstić information content (AvgIpc) is 3.05. The van der Waals surface area contributed by atoms with Gasteiger partial charge in [-0.25, -0.2) is 4.98 Å². The summed E-state index contributed by atoms with van der Waals surface area (Å²) in [6.45, 7) is 4.67. The van der Waals surface area contributed by atoms with Gasteiger partial charge in [-0.3, -0.25) is 4.99 Å². The molecule has 23 heavy (non-hydrogen) atoms. The van der Waals surface area contributed by atoms with Crippen molar-refractivity contribution in [1.82, 2.24) is 9.88 Å². The molecule has 2 N–H and O–H groups in total. The molecular weight excluding hydrogens is 308 g/mol. The fourth-order valence-electron chi connectivity index (χ4n) is 2.43. The Balaban J connectivity index is 1.55. The predicted molar refractivity (Wildman–Crippen MR) is 95.8 cm³/mol. The number of thioether (sulfide) groups is 1. The van der Waals surface area contributed by atoms with Crippen LogP contribution >= 0.6 is 11.8 Å². The van der Waals surface area contributed by atoms with Crippen LogP contribution < -0.4 is 5.73 Å². The summed E-state index contributed by atoms with van der Waals surface area (Å²) in [5.74, 6) is 3.55. The van der Waals surface area contributed by atoms with Gasteiger partial charge in [0.1, 0.15) is 6.26 Å². The Morgan fingerprint density at radius 3 is 2.78 bits per heavy atom. The van der Waals surface area contributed by atoms with Crippen molar-refractivity contribution >= 4 is 17.7 Å². The zero-order valence-corrected chi connectivity index (χ0v) is 14.2. The largest absolute Gasteiger partial charge is 0.444 e. The maximum Gasteiger partial charge on any atom is 0.226 e. The lowest BCUT2D eigenvalue weighted by atomic mass is 10.1. The first-order valence-corrected chi connectivity index (χ1v) is 9.02. The molecule has 0 unspecified atom stereocenters.